The highest BCUT2D eigenvalue weighted by Crippen LogP contribution is 2.35. The number of benzene rings is 1. The van der Waals surface area contributed by atoms with E-state index in [1.54, 1.807) is 40.2 Å². The lowest BCUT2D eigenvalue weighted by Gasteiger charge is -2.15. The van der Waals surface area contributed by atoms with Crippen molar-refractivity contribution in [1.29, 1.82) is 0 Å². The Hall–Kier alpha value is -2.45. The SMILES string of the molecule is CCn1c(SCN2C(=O)c3ccccc3C2=O)nc2sc3c(c2c1=O)CCCC3. The van der Waals surface area contributed by atoms with Crippen molar-refractivity contribution in [2.45, 2.75) is 44.3 Å². The number of nitrogens with zero attached hydrogens (tertiary/aromatic N) is 3. The summed E-state index contributed by atoms with van der Waals surface area (Å²) in [6.45, 7) is 2.41. The zero-order valence-electron chi connectivity index (χ0n) is 15.9. The van der Waals surface area contributed by atoms with Crippen LogP contribution in [0.2, 0.25) is 0 Å². The molecule has 0 bridgehead atoms. The summed E-state index contributed by atoms with van der Waals surface area (Å²) < 4.78 is 1.66. The van der Waals surface area contributed by atoms with Gasteiger partial charge in [0.25, 0.3) is 17.4 Å². The molecule has 0 saturated heterocycles. The van der Waals surface area contributed by atoms with Crippen molar-refractivity contribution in [3.05, 3.63) is 56.2 Å². The third kappa shape index (κ3) is 2.85. The number of carbonyl (C=O) groups is 2. The van der Waals surface area contributed by atoms with Gasteiger partial charge in [0, 0.05) is 11.4 Å². The highest BCUT2D eigenvalue weighted by atomic mass is 32.2. The Morgan fingerprint density at radius 1 is 1.07 bits per heavy atom. The number of amides is 2. The fourth-order valence-corrected chi connectivity index (χ4v) is 6.40. The van der Waals surface area contributed by atoms with Crippen molar-refractivity contribution < 1.29 is 9.59 Å². The van der Waals surface area contributed by atoms with E-state index in [2.05, 4.69) is 0 Å². The molecule has 3 heterocycles. The van der Waals surface area contributed by atoms with Gasteiger partial charge in [-0.2, -0.15) is 0 Å². The number of hydrogen-bond donors (Lipinski definition) is 0. The third-order valence-electron chi connectivity index (χ3n) is 5.56. The Balaban J connectivity index is 1.49. The average molecular weight is 426 g/mol. The lowest BCUT2D eigenvalue weighted by atomic mass is 9.97. The predicted octanol–water partition coefficient (Wildman–Crippen LogP) is 3.70. The molecule has 1 aliphatic carbocycles. The van der Waals surface area contributed by atoms with E-state index in [-0.39, 0.29) is 23.3 Å². The summed E-state index contributed by atoms with van der Waals surface area (Å²) in [6, 6.07) is 6.85. The molecule has 8 heteroatoms. The zero-order valence-corrected chi connectivity index (χ0v) is 17.6. The molecule has 0 spiro atoms. The van der Waals surface area contributed by atoms with E-state index in [0.29, 0.717) is 22.8 Å². The van der Waals surface area contributed by atoms with Crippen molar-refractivity contribution in [3.63, 3.8) is 0 Å². The van der Waals surface area contributed by atoms with Crippen molar-refractivity contribution >= 4 is 45.1 Å². The van der Waals surface area contributed by atoms with E-state index in [0.717, 1.165) is 35.9 Å². The van der Waals surface area contributed by atoms with Gasteiger partial charge in [-0.05, 0) is 50.3 Å². The number of carbonyl (C=O) groups excluding carboxylic acids is 2. The Kier molecular flexibility index (Phi) is 4.55. The molecule has 2 aliphatic rings. The van der Waals surface area contributed by atoms with Gasteiger partial charge in [-0.15, -0.1) is 11.3 Å². The van der Waals surface area contributed by atoms with Gasteiger partial charge in [0.1, 0.15) is 4.83 Å². The molecule has 0 atom stereocenters. The molecule has 0 saturated carbocycles. The second kappa shape index (κ2) is 7.11. The normalized spacial score (nSPS) is 15.8. The molecule has 1 aliphatic heterocycles. The van der Waals surface area contributed by atoms with Gasteiger partial charge in [0.15, 0.2) is 5.16 Å². The first-order valence-electron chi connectivity index (χ1n) is 9.73. The molecular weight excluding hydrogens is 406 g/mol. The first kappa shape index (κ1) is 18.6. The molecule has 2 amide bonds. The van der Waals surface area contributed by atoms with E-state index < -0.39 is 0 Å². The number of fused-ring (bicyclic) bond motifs is 4. The summed E-state index contributed by atoms with van der Waals surface area (Å²) in [5.41, 5.74) is 2.02. The summed E-state index contributed by atoms with van der Waals surface area (Å²) >= 11 is 2.88. The summed E-state index contributed by atoms with van der Waals surface area (Å²) in [7, 11) is 0. The number of thioether (sulfide) groups is 1. The van der Waals surface area contributed by atoms with Crippen LogP contribution in [0, 0.1) is 0 Å². The quantitative estimate of drug-likeness (QED) is 0.362. The smallest absolute Gasteiger partial charge is 0.263 e. The molecule has 3 aromatic rings. The minimum atomic E-state index is -0.295. The molecule has 2 aromatic heterocycles. The summed E-state index contributed by atoms with van der Waals surface area (Å²) in [5.74, 6) is -0.456. The van der Waals surface area contributed by atoms with E-state index in [1.165, 1.54) is 27.1 Å². The summed E-state index contributed by atoms with van der Waals surface area (Å²) in [5, 5.41) is 1.32. The fourth-order valence-electron chi connectivity index (χ4n) is 4.09. The van der Waals surface area contributed by atoms with Gasteiger partial charge in [-0.25, -0.2) is 4.98 Å². The van der Waals surface area contributed by atoms with Crippen LogP contribution >= 0.6 is 23.1 Å². The largest absolute Gasteiger partial charge is 0.287 e. The highest BCUT2D eigenvalue weighted by molar-refractivity contribution is 7.99. The summed E-state index contributed by atoms with van der Waals surface area (Å²) in [6.07, 6.45) is 4.22. The van der Waals surface area contributed by atoms with E-state index in [9.17, 15) is 14.4 Å². The third-order valence-corrected chi connectivity index (χ3v) is 7.70. The molecule has 6 nitrogen and oxygen atoms in total. The van der Waals surface area contributed by atoms with E-state index >= 15 is 0 Å². The predicted molar refractivity (Wildman–Crippen MR) is 114 cm³/mol. The van der Waals surface area contributed by atoms with Crippen molar-refractivity contribution in [1.82, 2.24) is 14.5 Å². The standard InChI is InChI=1S/C21H19N3O3S2/c1-2-23-20(27)16-14-9-5-6-10-15(14)29-17(16)22-21(23)28-11-24-18(25)12-7-3-4-8-13(12)19(24)26/h3-4,7-8H,2,5-6,9-11H2,1H3. The maximum absolute atomic E-state index is 13.2. The molecule has 0 unspecified atom stereocenters. The molecule has 0 N–H and O–H groups in total. The average Bonchev–Trinajstić information content (AvgIpc) is 3.22. The fraction of sp³-hybridized carbons (Fsp3) is 0.333. The molecule has 1 aromatic carbocycles. The van der Waals surface area contributed by atoms with Crippen LogP contribution in [-0.2, 0) is 19.4 Å². The number of hydrogen-bond acceptors (Lipinski definition) is 6. The van der Waals surface area contributed by atoms with Crippen LogP contribution in [0.3, 0.4) is 0 Å². The van der Waals surface area contributed by atoms with Crippen LogP contribution in [0.5, 0.6) is 0 Å². The lowest BCUT2D eigenvalue weighted by Crippen LogP contribution is -2.30. The van der Waals surface area contributed by atoms with Crippen LogP contribution in [0.15, 0.2) is 34.2 Å². The first-order chi connectivity index (χ1) is 14.1. The first-order valence-corrected chi connectivity index (χ1v) is 11.5. The van der Waals surface area contributed by atoms with Crippen LogP contribution < -0.4 is 5.56 Å². The number of aryl methyl sites for hydroxylation is 2. The molecule has 0 radical (unpaired) electrons. The van der Waals surface area contributed by atoms with Gasteiger partial charge < -0.3 is 0 Å². The van der Waals surface area contributed by atoms with E-state index in [4.69, 9.17) is 4.98 Å². The van der Waals surface area contributed by atoms with Crippen LogP contribution in [0.25, 0.3) is 10.2 Å². The van der Waals surface area contributed by atoms with Crippen LogP contribution in [-0.4, -0.2) is 32.1 Å². The molecular formula is C21H19N3O3S2. The Labute approximate surface area is 175 Å². The Bertz CT molecular complexity index is 1190. The Morgan fingerprint density at radius 3 is 2.45 bits per heavy atom. The van der Waals surface area contributed by atoms with E-state index in [1.807, 2.05) is 6.92 Å². The second-order valence-electron chi connectivity index (χ2n) is 7.19. The molecule has 5 rings (SSSR count). The number of imide groups is 1. The minimum absolute atomic E-state index is 0.0123. The lowest BCUT2D eigenvalue weighted by molar-refractivity contribution is 0.0684. The number of thiophene rings is 1. The van der Waals surface area contributed by atoms with Gasteiger partial charge in [0.2, 0.25) is 0 Å². The van der Waals surface area contributed by atoms with Crippen LogP contribution in [0.4, 0.5) is 0 Å². The zero-order chi connectivity index (χ0) is 20.1. The maximum atomic E-state index is 13.2. The summed E-state index contributed by atoms with van der Waals surface area (Å²) in [4.78, 5) is 46.4. The van der Waals surface area contributed by atoms with Gasteiger partial charge >= 0.3 is 0 Å². The van der Waals surface area contributed by atoms with Crippen molar-refractivity contribution in [2.24, 2.45) is 0 Å². The topological polar surface area (TPSA) is 72.3 Å². The van der Waals surface area contributed by atoms with Crippen molar-refractivity contribution in [2.75, 3.05) is 5.88 Å². The molecule has 0 fully saturated rings. The van der Waals surface area contributed by atoms with Gasteiger partial charge in [-0.3, -0.25) is 23.9 Å². The Morgan fingerprint density at radius 2 is 1.76 bits per heavy atom. The molecule has 29 heavy (non-hydrogen) atoms. The number of rotatable bonds is 4. The van der Waals surface area contributed by atoms with Crippen molar-refractivity contribution in [3.8, 4) is 0 Å². The monoisotopic (exact) mass is 425 g/mol. The second-order valence-corrected chi connectivity index (χ2v) is 9.19. The highest BCUT2D eigenvalue weighted by Gasteiger charge is 2.35. The van der Waals surface area contributed by atoms with Crippen LogP contribution in [0.1, 0.15) is 50.9 Å². The maximum Gasteiger partial charge on any atom is 0.263 e. The number of aromatic nitrogens is 2. The molecule has 148 valence electrons. The van der Waals surface area contributed by atoms with Gasteiger partial charge in [0.05, 0.1) is 22.4 Å². The van der Waals surface area contributed by atoms with Gasteiger partial charge in [-0.1, -0.05) is 23.9 Å². The minimum Gasteiger partial charge on any atom is -0.287 e.